The lowest BCUT2D eigenvalue weighted by molar-refractivity contribution is -0.137. The first-order valence-electron chi connectivity index (χ1n) is 6.23. The van der Waals surface area contributed by atoms with Gasteiger partial charge in [0.1, 0.15) is 0 Å². The fourth-order valence-corrected chi connectivity index (χ4v) is 2.27. The molecule has 0 radical (unpaired) electrons. The first kappa shape index (κ1) is 14.2. The van der Waals surface area contributed by atoms with Crippen LogP contribution >= 0.6 is 0 Å². The van der Waals surface area contributed by atoms with Gasteiger partial charge in [-0.1, -0.05) is 6.07 Å². The van der Waals surface area contributed by atoms with E-state index in [1.54, 1.807) is 13.1 Å². The van der Waals surface area contributed by atoms with Crippen LogP contribution in [0.3, 0.4) is 0 Å². The number of aromatic amines is 1. The lowest BCUT2D eigenvalue weighted by Gasteiger charge is -2.05. The largest absolute Gasteiger partial charge is 0.476 e. The predicted octanol–water partition coefficient (Wildman–Crippen LogP) is 3.29. The Kier molecular flexibility index (Phi) is 2.98. The van der Waals surface area contributed by atoms with E-state index in [4.69, 9.17) is 5.11 Å². The van der Waals surface area contributed by atoms with Crippen molar-refractivity contribution >= 4 is 16.9 Å². The highest BCUT2D eigenvalue weighted by atomic mass is 19.4. The number of carboxylic acid groups (broad SMARTS) is 1. The molecule has 0 amide bonds. The zero-order valence-corrected chi connectivity index (χ0v) is 11.3. The first-order valence-corrected chi connectivity index (χ1v) is 6.23. The molecule has 5 nitrogen and oxygen atoms in total. The molecule has 8 heteroatoms. The summed E-state index contributed by atoms with van der Waals surface area (Å²) in [4.78, 5) is 13.8. The third kappa shape index (κ3) is 2.32. The van der Waals surface area contributed by atoms with E-state index >= 15 is 0 Å². The molecule has 0 aliphatic rings. The van der Waals surface area contributed by atoms with Crippen molar-refractivity contribution in [2.45, 2.75) is 6.18 Å². The van der Waals surface area contributed by atoms with E-state index in [0.29, 0.717) is 22.3 Å². The topological polar surface area (TPSA) is 70.9 Å². The van der Waals surface area contributed by atoms with E-state index in [-0.39, 0.29) is 5.69 Å². The van der Waals surface area contributed by atoms with Gasteiger partial charge in [0.15, 0.2) is 5.69 Å². The fraction of sp³-hybridized carbons (Fsp3) is 0.143. The highest BCUT2D eigenvalue weighted by Crippen LogP contribution is 2.32. The maximum Gasteiger partial charge on any atom is 0.416 e. The van der Waals surface area contributed by atoms with Gasteiger partial charge in [0.05, 0.1) is 17.0 Å². The Morgan fingerprint density at radius 2 is 2.00 bits per heavy atom. The molecule has 0 fully saturated rings. The number of H-pyrrole nitrogens is 1. The number of hydrogen-bond acceptors (Lipinski definition) is 2. The quantitative estimate of drug-likeness (QED) is 0.763. The number of alkyl halides is 3. The van der Waals surface area contributed by atoms with Gasteiger partial charge in [-0.25, -0.2) is 4.79 Å². The molecule has 0 unspecified atom stereocenters. The van der Waals surface area contributed by atoms with Gasteiger partial charge in [-0.15, -0.1) is 0 Å². The lowest BCUT2D eigenvalue weighted by Crippen LogP contribution is -2.03. The number of nitrogens with one attached hydrogen (secondary N) is 1. The van der Waals surface area contributed by atoms with Crippen molar-refractivity contribution in [3.05, 3.63) is 41.6 Å². The minimum atomic E-state index is -4.41. The molecule has 0 saturated carbocycles. The highest BCUT2D eigenvalue weighted by molar-refractivity contribution is 5.89. The monoisotopic (exact) mass is 309 g/mol. The zero-order chi connectivity index (χ0) is 16.1. The van der Waals surface area contributed by atoms with Crippen LogP contribution in [0.2, 0.25) is 0 Å². The minimum absolute atomic E-state index is 0.132. The van der Waals surface area contributed by atoms with Crippen molar-refractivity contribution in [3.63, 3.8) is 0 Å². The van der Waals surface area contributed by atoms with Gasteiger partial charge in [0.2, 0.25) is 0 Å². The summed E-state index contributed by atoms with van der Waals surface area (Å²) in [5.74, 6) is -1.17. The second-order valence-corrected chi connectivity index (χ2v) is 4.83. The van der Waals surface area contributed by atoms with Gasteiger partial charge in [-0.3, -0.25) is 4.68 Å². The lowest BCUT2D eigenvalue weighted by atomic mass is 10.1. The SMILES string of the molecule is Cn1nc(C(=O)O)cc1-c1cc2ccc(C(F)(F)F)cc2[nH]1. The molecule has 3 rings (SSSR count). The summed E-state index contributed by atoms with van der Waals surface area (Å²) in [6, 6.07) is 6.40. The van der Waals surface area contributed by atoms with Crippen LogP contribution in [0.4, 0.5) is 13.2 Å². The van der Waals surface area contributed by atoms with Gasteiger partial charge in [0.25, 0.3) is 0 Å². The number of fused-ring (bicyclic) bond motifs is 1. The Bertz CT molecular complexity index is 877. The van der Waals surface area contributed by atoms with Gasteiger partial charge in [0, 0.05) is 24.0 Å². The molecular formula is C14H10F3N3O2. The van der Waals surface area contributed by atoms with E-state index in [2.05, 4.69) is 10.1 Å². The van der Waals surface area contributed by atoms with Gasteiger partial charge < -0.3 is 10.1 Å². The molecule has 114 valence electrons. The average Bonchev–Trinajstić information content (AvgIpc) is 2.99. The Balaban J connectivity index is 2.11. The molecule has 0 aliphatic heterocycles. The number of aromatic nitrogens is 3. The molecule has 1 aromatic carbocycles. The number of halogens is 3. The van der Waals surface area contributed by atoms with Crippen LogP contribution in [0.1, 0.15) is 16.1 Å². The number of carboxylic acids is 1. The third-order valence-corrected chi connectivity index (χ3v) is 3.32. The van der Waals surface area contributed by atoms with Gasteiger partial charge in [-0.2, -0.15) is 18.3 Å². The van der Waals surface area contributed by atoms with Crippen LogP contribution in [-0.2, 0) is 13.2 Å². The van der Waals surface area contributed by atoms with Crippen molar-refractivity contribution in [1.29, 1.82) is 0 Å². The third-order valence-electron chi connectivity index (χ3n) is 3.32. The number of benzene rings is 1. The van der Waals surface area contributed by atoms with Crippen molar-refractivity contribution in [2.75, 3.05) is 0 Å². The summed E-state index contributed by atoms with van der Waals surface area (Å²) in [5.41, 5.74) is 0.415. The Labute approximate surface area is 122 Å². The summed E-state index contributed by atoms with van der Waals surface area (Å²) in [7, 11) is 1.56. The van der Waals surface area contributed by atoms with Crippen LogP contribution in [-0.4, -0.2) is 25.8 Å². The molecule has 0 spiro atoms. The molecule has 2 aromatic heterocycles. The van der Waals surface area contributed by atoms with E-state index < -0.39 is 17.7 Å². The number of rotatable bonds is 2. The Morgan fingerprint density at radius 3 is 2.59 bits per heavy atom. The smallest absolute Gasteiger partial charge is 0.416 e. The van der Waals surface area contributed by atoms with Crippen molar-refractivity contribution < 1.29 is 23.1 Å². The number of hydrogen-bond donors (Lipinski definition) is 2. The van der Waals surface area contributed by atoms with E-state index in [1.807, 2.05) is 0 Å². The van der Waals surface area contributed by atoms with Crippen LogP contribution in [0, 0.1) is 0 Å². The van der Waals surface area contributed by atoms with Crippen LogP contribution in [0.5, 0.6) is 0 Å². The number of aromatic carboxylic acids is 1. The molecule has 22 heavy (non-hydrogen) atoms. The normalized spacial score (nSPS) is 12.0. The van der Waals surface area contributed by atoms with Crippen molar-refractivity contribution in [1.82, 2.24) is 14.8 Å². The van der Waals surface area contributed by atoms with Crippen LogP contribution in [0.15, 0.2) is 30.3 Å². The minimum Gasteiger partial charge on any atom is -0.476 e. The predicted molar refractivity (Wildman–Crippen MR) is 72.5 cm³/mol. The van der Waals surface area contributed by atoms with Crippen LogP contribution < -0.4 is 0 Å². The molecule has 0 bridgehead atoms. The van der Waals surface area contributed by atoms with E-state index in [0.717, 1.165) is 12.1 Å². The summed E-state index contributed by atoms with van der Waals surface area (Å²) >= 11 is 0. The Morgan fingerprint density at radius 1 is 1.27 bits per heavy atom. The summed E-state index contributed by atoms with van der Waals surface area (Å²) in [6.45, 7) is 0. The van der Waals surface area contributed by atoms with Crippen LogP contribution in [0.25, 0.3) is 22.3 Å². The molecule has 0 aliphatic carbocycles. The maximum atomic E-state index is 12.7. The molecule has 0 saturated heterocycles. The molecule has 0 atom stereocenters. The maximum absolute atomic E-state index is 12.7. The summed E-state index contributed by atoms with van der Waals surface area (Å²) < 4.78 is 39.5. The fourth-order valence-electron chi connectivity index (χ4n) is 2.27. The summed E-state index contributed by atoms with van der Waals surface area (Å²) in [6.07, 6.45) is -4.41. The van der Waals surface area contributed by atoms with Gasteiger partial charge in [-0.05, 0) is 18.2 Å². The summed E-state index contributed by atoms with van der Waals surface area (Å²) in [5, 5.41) is 13.4. The second kappa shape index (κ2) is 4.62. The number of carbonyl (C=O) groups is 1. The highest BCUT2D eigenvalue weighted by Gasteiger charge is 2.30. The number of aryl methyl sites for hydroxylation is 1. The first-order chi connectivity index (χ1) is 10.3. The van der Waals surface area contributed by atoms with Gasteiger partial charge >= 0.3 is 12.1 Å². The molecular weight excluding hydrogens is 299 g/mol. The Hall–Kier alpha value is -2.77. The number of nitrogens with zero attached hydrogens (tertiary/aromatic N) is 2. The molecule has 3 aromatic rings. The van der Waals surface area contributed by atoms with Crippen molar-refractivity contribution in [3.8, 4) is 11.4 Å². The zero-order valence-electron chi connectivity index (χ0n) is 11.3. The van der Waals surface area contributed by atoms with E-state index in [9.17, 15) is 18.0 Å². The second-order valence-electron chi connectivity index (χ2n) is 4.83. The molecule has 2 heterocycles. The standard InChI is InChI=1S/C14H10F3N3O2/c1-20-12(6-11(19-20)13(21)22)10-4-7-2-3-8(14(15,16)17)5-9(7)18-10/h2-6,18H,1H3,(H,21,22). The van der Waals surface area contributed by atoms with Crippen molar-refractivity contribution in [2.24, 2.45) is 7.05 Å². The average molecular weight is 309 g/mol. The van der Waals surface area contributed by atoms with E-state index in [1.165, 1.54) is 16.8 Å². The molecule has 2 N–H and O–H groups in total.